The normalized spacial score (nSPS) is 13.1. The van der Waals surface area contributed by atoms with Crippen LogP contribution in [0.2, 0.25) is 0 Å². The van der Waals surface area contributed by atoms with E-state index in [9.17, 15) is 8.42 Å². The molecule has 0 aliphatic heterocycles. The average molecular weight is 357 g/mol. The Balaban J connectivity index is 2.22. The van der Waals surface area contributed by atoms with E-state index in [0.29, 0.717) is 0 Å². The van der Waals surface area contributed by atoms with Crippen LogP contribution >= 0.6 is 15.9 Å². The Morgan fingerprint density at radius 1 is 1.30 bits per heavy atom. The van der Waals surface area contributed by atoms with Gasteiger partial charge in [0.1, 0.15) is 4.90 Å². The van der Waals surface area contributed by atoms with Crippen molar-refractivity contribution >= 4 is 31.9 Å². The molecule has 8 heteroatoms. The zero-order chi connectivity index (χ0) is 14.8. The molecule has 0 fully saturated rings. The second-order valence-electron chi connectivity index (χ2n) is 4.17. The zero-order valence-electron chi connectivity index (χ0n) is 10.6. The van der Waals surface area contributed by atoms with Gasteiger partial charge in [-0.3, -0.25) is 0 Å². The van der Waals surface area contributed by atoms with E-state index in [4.69, 9.17) is 5.73 Å². The maximum Gasteiger partial charge on any atom is 0.244 e. The first-order valence-electron chi connectivity index (χ1n) is 5.74. The van der Waals surface area contributed by atoms with E-state index < -0.39 is 10.0 Å². The van der Waals surface area contributed by atoms with Crippen molar-refractivity contribution in [3.05, 3.63) is 46.7 Å². The Hall–Kier alpha value is -1.51. The Labute approximate surface area is 125 Å². The summed E-state index contributed by atoms with van der Waals surface area (Å²) in [6.07, 6.45) is 2.36. The predicted molar refractivity (Wildman–Crippen MR) is 79.3 cm³/mol. The Kier molecular flexibility index (Phi) is 4.36. The summed E-state index contributed by atoms with van der Waals surface area (Å²) in [7, 11) is -3.68. The van der Waals surface area contributed by atoms with Crippen molar-refractivity contribution in [3.63, 3.8) is 0 Å². The highest BCUT2D eigenvalue weighted by Crippen LogP contribution is 2.20. The van der Waals surface area contributed by atoms with E-state index in [2.05, 4.69) is 30.6 Å². The van der Waals surface area contributed by atoms with Gasteiger partial charge in [-0.2, -0.15) is 0 Å². The number of nitrogen functional groups attached to an aromatic ring is 1. The molecule has 6 nitrogen and oxygen atoms in total. The summed E-state index contributed by atoms with van der Waals surface area (Å²) < 4.78 is 27.8. The summed E-state index contributed by atoms with van der Waals surface area (Å²) >= 11 is 3.35. The molecule has 3 N–H and O–H groups in total. The minimum Gasteiger partial charge on any atom is -0.368 e. The molecule has 1 aromatic carbocycles. The number of aromatic nitrogens is 2. The lowest BCUT2D eigenvalue weighted by Gasteiger charge is -2.14. The Bertz CT molecular complexity index is 704. The van der Waals surface area contributed by atoms with Gasteiger partial charge in [-0.25, -0.2) is 23.1 Å². The van der Waals surface area contributed by atoms with Crippen molar-refractivity contribution in [2.45, 2.75) is 17.9 Å². The lowest BCUT2D eigenvalue weighted by atomic mass is 10.1. The van der Waals surface area contributed by atoms with Crippen LogP contribution in [0.1, 0.15) is 18.5 Å². The summed E-state index contributed by atoms with van der Waals surface area (Å²) in [6.45, 7) is 1.76. The average Bonchev–Trinajstić information content (AvgIpc) is 2.38. The quantitative estimate of drug-likeness (QED) is 0.870. The van der Waals surface area contributed by atoms with Crippen molar-refractivity contribution in [2.24, 2.45) is 0 Å². The second-order valence-corrected chi connectivity index (χ2v) is 6.80. The Morgan fingerprint density at radius 3 is 2.55 bits per heavy atom. The number of nitrogens with zero attached hydrogens (tertiary/aromatic N) is 2. The van der Waals surface area contributed by atoms with E-state index in [1.807, 2.05) is 24.3 Å². The molecule has 0 radical (unpaired) electrons. The van der Waals surface area contributed by atoms with Crippen LogP contribution in [0.3, 0.4) is 0 Å². The minimum absolute atomic E-state index is 0.0199. The van der Waals surface area contributed by atoms with Crippen LogP contribution in [0.25, 0.3) is 0 Å². The number of benzene rings is 1. The van der Waals surface area contributed by atoms with Gasteiger partial charge in [-0.15, -0.1) is 0 Å². The first kappa shape index (κ1) is 14.9. The van der Waals surface area contributed by atoms with Crippen molar-refractivity contribution in [2.75, 3.05) is 5.73 Å². The predicted octanol–water partition coefficient (Wildman–Crippen LogP) is 1.86. The van der Waals surface area contributed by atoms with Crippen LogP contribution in [-0.2, 0) is 10.0 Å². The molecular formula is C12H13BrN4O2S. The van der Waals surface area contributed by atoms with Gasteiger partial charge >= 0.3 is 0 Å². The number of hydrogen-bond acceptors (Lipinski definition) is 5. The van der Waals surface area contributed by atoms with Crippen LogP contribution in [0.15, 0.2) is 46.0 Å². The summed E-state index contributed by atoms with van der Waals surface area (Å²) in [5.41, 5.74) is 6.18. The van der Waals surface area contributed by atoms with Crippen LogP contribution in [0.4, 0.5) is 5.95 Å². The van der Waals surface area contributed by atoms with Crippen LogP contribution < -0.4 is 10.5 Å². The Morgan fingerprint density at radius 2 is 1.95 bits per heavy atom. The number of nitrogens with one attached hydrogen (secondary N) is 1. The number of sulfonamides is 1. The summed E-state index contributed by atoms with van der Waals surface area (Å²) in [5, 5.41) is 0. The lowest BCUT2D eigenvalue weighted by Crippen LogP contribution is -2.27. The lowest BCUT2D eigenvalue weighted by molar-refractivity contribution is 0.566. The number of nitrogens with two attached hydrogens (primary N) is 1. The fraction of sp³-hybridized carbons (Fsp3) is 0.167. The highest BCUT2D eigenvalue weighted by Gasteiger charge is 2.19. The van der Waals surface area contributed by atoms with Gasteiger partial charge in [0.25, 0.3) is 0 Å². The first-order chi connectivity index (χ1) is 9.38. The van der Waals surface area contributed by atoms with Crippen molar-refractivity contribution in [3.8, 4) is 0 Å². The van der Waals surface area contributed by atoms with Gasteiger partial charge in [-0.1, -0.05) is 28.1 Å². The molecule has 1 unspecified atom stereocenters. The molecule has 0 saturated heterocycles. The third-order valence-corrected chi connectivity index (χ3v) is 4.63. The number of anilines is 1. The van der Waals surface area contributed by atoms with Gasteiger partial charge in [0.05, 0.1) is 12.4 Å². The summed E-state index contributed by atoms with van der Waals surface area (Å²) in [4.78, 5) is 7.34. The molecular weight excluding hydrogens is 344 g/mol. The van der Waals surface area contributed by atoms with E-state index in [0.717, 1.165) is 10.0 Å². The van der Waals surface area contributed by atoms with E-state index in [1.54, 1.807) is 6.92 Å². The third kappa shape index (κ3) is 3.53. The molecule has 0 saturated carbocycles. The van der Waals surface area contributed by atoms with Crippen LogP contribution in [0, 0.1) is 0 Å². The zero-order valence-corrected chi connectivity index (χ0v) is 13.0. The largest absolute Gasteiger partial charge is 0.368 e. The van der Waals surface area contributed by atoms with Crippen LogP contribution in [-0.4, -0.2) is 18.4 Å². The molecule has 0 spiro atoms. The highest BCUT2D eigenvalue weighted by molar-refractivity contribution is 9.10. The summed E-state index contributed by atoms with van der Waals surface area (Å²) in [5.74, 6) is 0.0315. The van der Waals surface area contributed by atoms with Gasteiger partial charge in [-0.05, 0) is 24.6 Å². The molecule has 106 valence electrons. The number of hydrogen-bond donors (Lipinski definition) is 2. The maximum absolute atomic E-state index is 12.2. The minimum atomic E-state index is -3.68. The summed E-state index contributed by atoms with van der Waals surface area (Å²) in [6, 6.07) is 7.04. The molecule has 1 aromatic heterocycles. The molecule has 1 atom stereocenters. The van der Waals surface area contributed by atoms with Gasteiger partial charge in [0, 0.05) is 10.5 Å². The molecule has 0 bridgehead atoms. The SMILES string of the molecule is CC(NS(=O)(=O)c1cnc(N)nc1)c1cccc(Br)c1. The number of halogens is 1. The molecule has 2 aromatic rings. The van der Waals surface area contributed by atoms with Gasteiger partial charge in [0.15, 0.2) is 0 Å². The molecule has 0 aliphatic carbocycles. The maximum atomic E-state index is 12.2. The first-order valence-corrected chi connectivity index (χ1v) is 8.01. The van der Waals surface area contributed by atoms with Gasteiger partial charge < -0.3 is 5.73 Å². The smallest absolute Gasteiger partial charge is 0.244 e. The molecule has 20 heavy (non-hydrogen) atoms. The van der Waals surface area contributed by atoms with Gasteiger partial charge in [0.2, 0.25) is 16.0 Å². The van der Waals surface area contributed by atoms with Crippen molar-refractivity contribution < 1.29 is 8.42 Å². The number of rotatable bonds is 4. The van der Waals surface area contributed by atoms with E-state index in [-0.39, 0.29) is 16.9 Å². The van der Waals surface area contributed by atoms with Crippen molar-refractivity contribution in [1.82, 2.24) is 14.7 Å². The second kappa shape index (κ2) is 5.86. The molecule has 2 rings (SSSR count). The van der Waals surface area contributed by atoms with E-state index >= 15 is 0 Å². The molecule has 0 amide bonds. The van der Waals surface area contributed by atoms with E-state index in [1.165, 1.54) is 12.4 Å². The van der Waals surface area contributed by atoms with Crippen LogP contribution in [0.5, 0.6) is 0 Å². The fourth-order valence-corrected chi connectivity index (χ4v) is 3.15. The topological polar surface area (TPSA) is 98.0 Å². The molecule has 1 heterocycles. The monoisotopic (exact) mass is 356 g/mol. The fourth-order valence-electron chi connectivity index (χ4n) is 1.61. The van der Waals surface area contributed by atoms with Crippen molar-refractivity contribution in [1.29, 1.82) is 0 Å². The standard InChI is InChI=1S/C12H13BrN4O2S/c1-8(9-3-2-4-10(13)5-9)17-20(18,19)11-6-15-12(14)16-7-11/h2-8,17H,1H3,(H2,14,15,16). The highest BCUT2D eigenvalue weighted by atomic mass is 79.9. The third-order valence-electron chi connectivity index (χ3n) is 2.64. The molecule has 0 aliphatic rings.